The second kappa shape index (κ2) is 7.12. The van der Waals surface area contributed by atoms with E-state index in [1.54, 1.807) is 0 Å². The molecule has 1 aliphatic carbocycles. The highest BCUT2D eigenvalue weighted by Crippen LogP contribution is 2.29. The van der Waals surface area contributed by atoms with Crippen LogP contribution in [0.1, 0.15) is 45.1 Å². The van der Waals surface area contributed by atoms with Crippen LogP contribution in [-0.4, -0.2) is 20.1 Å². The van der Waals surface area contributed by atoms with E-state index in [-0.39, 0.29) is 0 Å². The van der Waals surface area contributed by atoms with E-state index in [2.05, 4.69) is 62.4 Å². The van der Waals surface area contributed by atoms with Gasteiger partial charge in [0.15, 0.2) is 0 Å². The van der Waals surface area contributed by atoms with Gasteiger partial charge in [-0.05, 0) is 55.2 Å². The summed E-state index contributed by atoms with van der Waals surface area (Å²) in [5, 5.41) is 3.73. The topological polar surface area (TPSA) is 15.3 Å². The standard InChI is InChI=1S/C18H30N2/c1-14(2)16-7-9-17(10-8-16)19-13-15-5-11-18(12-6-15)20(3)4/h5-6,11-12,14,16-17,19H,7-10,13H2,1-4H3. The van der Waals surface area contributed by atoms with Crippen LogP contribution in [-0.2, 0) is 6.54 Å². The quantitative estimate of drug-likeness (QED) is 0.871. The molecule has 0 bridgehead atoms. The van der Waals surface area contributed by atoms with Gasteiger partial charge >= 0.3 is 0 Å². The van der Waals surface area contributed by atoms with Crippen molar-refractivity contribution in [3.63, 3.8) is 0 Å². The minimum absolute atomic E-state index is 0.721. The highest BCUT2D eigenvalue weighted by Gasteiger charge is 2.22. The molecule has 1 aromatic rings. The Morgan fingerprint density at radius 3 is 2.15 bits per heavy atom. The molecule has 0 unspecified atom stereocenters. The first-order valence-corrected chi connectivity index (χ1v) is 8.06. The third-order valence-electron chi connectivity index (χ3n) is 4.76. The van der Waals surface area contributed by atoms with Crippen molar-refractivity contribution in [3.05, 3.63) is 29.8 Å². The average molecular weight is 274 g/mol. The fourth-order valence-electron chi connectivity index (χ4n) is 3.16. The minimum atomic E-state index is 0.721. The number of nitrogens with one attached hydrogen (secondary N) is 1. The lowest BCUT2D eigenvalue weighted by Crippen LogP contribution is -2.33. The van der Waals surface area contributed by atoms with Crippen molar-refractivity contribution in [1.29, 1.82) is 0 Å². The summed E-state index contributed by atoms with van der Waals surface area (Å²) in [5.74, 6) is 1.81. The van der Waals surface area contributed by atoms with Crippen LogP contribution in [0, 0.1) is 11.8 Å². The maximum Gasteiger partial charge on any atom is 0.0361 e. The summed E-state index contributed by atoms with van der Waals surface area (Å²) in [4.78, 5) is 2.14. The van der Waals surface area contributed by atoms with E-state index in [9.17, 15) is 0 Å². The van der Waals surface area contributed by atoms with E-state index in [0.29, 0.717) is 0 Å². The summed E-state index contributed by atoms with van der Waals surface area (Å²) in [6, 6.07) is 9.60. The molecule has 0 spiro atoms. The second-order valence-electron chi connectivity index (χ2n) is 6.80. The fourth-order valence-corrected chi connectivity index (χ4v) is 3.16. The van der Waals surface area contributed by atoms with Gasteiger partial charge in [-0.25, -0.2) is 0 Å². The third kappa shape index (κ3) is 4.24. The Balaban J connectivity index is 1.76. The van der Waals surface area contributed by atoms with Gasteiger partial charge in [-0.3, -0.25) is 0 Å². The molecule has 2 heteroatoms. The van der Waals surface area contributed by atoms with E-state index in [1.807, 2.05) is 0 Å². The molecule has 2 rings (SSSR count). The van der Waals surface area contributed by atoms with E-state index in [1.165, 1.54) is 36.9 Å². The van der Waals surface area contributed by atoms with Crippen molar-refractivity contribution < 1.29 is 0 Å². The van der Waals surface area contributed by atoms with Crippen molar-refractivity contribution in [1.82, 2.24) is 5.32 Å². The summed E-state index contributed by atoms with van der Waals surface area (Å²) in [7, 11) is 4.17. The molecule has 0 amide bonds. The van der Waals surface area contributed by atoms with Crippen molar-refractivity contribution in [2.75, 3.05) is 19.0 Å². The normalized spacial score (nSPS) is 23.1. The van der Waals surface area contributed by atoms with Crippen molar-refractivity contribution >= 4 is 5.69 Å². The van der Waals surface area contributed by atoms with Gasteiger partial charge in [-0.1, -0.05) is 26.0 Å². The summed E-state index contributed by atoms with van der Waals surface area (Å²) in [5.41, 5.74) is 2.66. The van der Waals surface area contributed by atoms with Gasteiger partial charge in [0, 0.05) is 32.4 Å². The lowest BCUT2D eigenvalue weighted by Gasteiger charge is -2.31. The Labute approximate surface area is 124 Å². The molecule has 1 aliphatic rings. The van der Waals surface area contributed by atoms with E-state index in [4.69, 9.17) is 0 Å². The Kier molecular flexibility index (Phi) is 5.47. The summed E-state index contributed by atoms with van der Waals surface area (Å²) in [6.07, 6.45) is 5.49. The van der Waals surface area contributed by atoms with E-state index >= 15 is 0 Å². The largest absolute Gasteiger partial charge is 0.378 e. The molecule has 0 saturated heterocycles. The molecule has 0 heterocycles. The van der Waals surface area contributed by atoms with Crippen LogP contribution in [0.4, 0.5) is 5.69 Å². The van der Waals surface area contributed by atoms with Crippen LogP contribution < -0.4 is 10.2 Å². The molecular weight excluding hydrogens is 244 g/mol. The van der Waals surface area contributed by atoms with E-state index < -0.39 is 0 Å². The predicted molar refractivity (Wildman–Crippen MR) is 88.2 cm³/mol. The Bertz CT molecular complexity index is 386. The Morgan fingerprint density at radius 2 is 1.65 bits per heavy atom. The first-order valence-electron chi connectivity index (χ1n) is 8.06. The fraction of sp³-hybridized carbons (Fsp3) is 0.667. The predicted octanol–water partition coefficient (Wildman–Crippen LogP) is 4.06. The highest BCUT2D eigenvalue weighted by atomic mass is 15.1. The molecule has 0 atom stereocenters. The molecule has 0 radical (unpaired) electrons. The Morgan fingerprint density at radius 1 is 1.05 bits per heavy atom. The molecule has 0 aliphatic heterocycles. The number of benzene rings is 1. The molecule has 112 valence electrons. The molecule has 0 aromatic heterocycles. The lowest BCUT2D eigenvalue weighted by atomic mass is 9.80. The number of rotatable bonds is 5. The minimum Gasteiger partial charge on any atom is -0.378 e. The summed E-state index contributed by atoms with van der Waals surface area (Å²) < 4.78 is 0. The Hall–Kier alpha value is -1.02. The third-order valence-corrected chi connectivity index (χ3v) is 4.76. The zero-order valence-electron chi connectivity index (χ0n) is 13.5. The molecule has 1 fully saturated rings. The highest BCUT2D eigenvalue weighted by molar-refractivity contribution is 5.45. The van der Waals surface area contributed by atoms with Crippen molar-refractivity contribution in [3.8, 4) is 0 Å². The van der Waals surface area contributed by atoms with Crippen LogP contribution in [0.25, 0.3) is 0 Å². The van der Waals surface area contributed by atoms with Gasteiger partial charge in [-0.15, -0.1) is 0 Å². The maximum absolute atomic E-state index is 3.73. The van der Waals surface area contributed by atoms with Crippen LogP contribution in [0.3, 0.4) is 0 Å². The molecule has 20 heavy (non-hydrogen) atoms. The number of anilines is 1. The van der Waals surface area contributed by atoms with Crippen LogP contribution in [0.2, 0.25) is 0 Å². The van der Waals surface area contributed by atoms with Gasteiger partial charge in [0.25, 0.3) is 0 Å². The molecule has 1 saturated carbocycles. The first-order chi connectivity index (χ1) is 9.56. The smallest absolute Gasteiger partial charge is 0.0361 e. The van der Waals surface area contributed by atoms with E-state index in [0.717, 1.165) is 24.4 Å². The van der Waals surface area contributed by atoms with Crippen LogP contribution >= 0.6 is 0 Å². The SMILES string of the molecule is CC(C)C1CCC(NCc2ccc(N(C)C)cc2)CC1. The zero-order valence-corrected chi connectivity index (χ0v) is 13.5. The maximum atomic E-state index is 3.73. The molecule has 2 nitrogen and oxygen atoms in total. The number of hydrogen-bond donors (Lipinski definition) is 1. The molecular formula is C18H30N2. The average Bonchev–Trinajstić information content (AvgIpc) is 2.46. The molecule has 1 aromatic carbocycles. The van der Waals surface area contributed by atoms with Crippen LogP contribution in [0.5, 0.6) is 0 Å². The van der Waals surface area contributed by atoms with Crippen LogP contribution in [0.15, 0.2) is 24.3 Å². The summed E-state index contributed by atoms with van der Waals surface area (Å²) >= 11 is 0. The monoisotopic (exact) mass is 274 g/mol. The van der Waals surface area contributed by atoms with Gasteiger partial charge in [0.05, 0.1) is 0 Å². The van der Waals surface area contributed by atoms with Gasteiger partial charge < -0.3 is 10.2 Å². The van der Waals surface area contributed by atoms with Gasteiger partial charge in [-0.2, -0.15) is 0 Å². The lowest BCUT2D eigenvalue weighted by molar-refractivity contribution is 0.238. The molecule has 1 N–H and O–H groups in total. The number of hydrogen-bond acceptors (Lipinski definition) is 2. The second-order valence-corrected chi connectivity index (χ2v) is 6.80. The van der Waals surface area contributed by atoms with Gasteiger partial charge in [0.2, 0.25) is 0 Å². The van der Waals surface area contributed by atoms with Crippen molar-refractivity contribution in [2.24, 2.45) is 11.8 Å². The zero-order chi connectivity index (χ0) is 14.5. The number of nitrogens with zero attached hydrogens (tertiary/aromatic N) is 1. The summed E-state index contributed by atoms with van der Waals surface area (Å²) in [6.45, 7) is 5.74. The van der Waals surface area contributed by atoms with Gasteiger partial charge in [0.1, 0.15) is 0 Å². The van der Waals surface area contributed by atoms with Crippen molar-refractivity contribution in [2.45, 2.75) is 52.1 Å². The first kappa shape index (κ1) is 15.4.